The molecule has 1 N–H and O–H groups in total. The molecule has 4 nitrogen and oxygen atoms in total. The van der Waals surface area contributed by atoms with Gasteiger partial charge >= 0.3 is 0 Å². The van der Waals surface area contributed by atoms with Gasteiger partial charge in [-0.05, 0) is 10.9 Å². The molecule has 18 heavy (non-hydrogen) atoms. The lowest BCUT2D eigenvalue weighted by Gasteiger charge is -2.11. The smallest absolute Gasteiger partial charge is 0.236 e. The van der Waals surface area contributed by atoms with Crippen molar-refractivity contribution in [1.29, 1.82) is 0 Å². The van der Waals surface area contributed by atoms with Crippen LogP contribution >= 0.6 is 0 Å². The van der Waals surface area contributed by atoms with E-state index in [4.69, 9.17) is 0 Å². The van der Waals surface area contributed by atoms with Crippen LogP contribution in [0.3, 0.4) is 0 Å². The maximum atomic E-state index is 11.4. The van der Waals surface area contributed by atoms with Crippen molar-refractivity contribution < 1.29 is 4.79 Å². The zero-order valence-electron chi connectivity index (χ0n) is 10.7. The Kier molecular flexibility index (Phi) is 3.89. The SMILES string of the molecule is CN(C)C(=O)CNCc1cncc2ccccc12. The Morgan fingerprint density at radius 3 is 2.83 bits per heavy atom. The van der Waals surface area contributed by atoms with Gasteiger partial charge in [0.2, 0.25) is 5.91 Å². The van der Waals surface area contributed by atoms with E-state index in [1.807, 2.05) is 30.6 Å². The quantitative estimate of drug-likeness (QED) is 0.883. The summed E-state index contributed by atoms with van der Waals surface area (Å²) >= 11 is 0. The van der Waals surface area contributed by atoms with Crippen LogP contribution < -0.4 is 5.32 Å². The summed E-state index contributed by atoms with van der Waals surface area (Å²) in [5, 5.41) is 5.44. The molecule has 0 unspecified atom stereocenters. The van der Waals surface area contributed by atoms with Crippen molar-refractivity contribution in [2.75, 3.05) is 20.6 Å². The molecule has 4 heteroatoms. The van der Waals surface area contributed by atoms with Crippen LogP contribution in [0.4, 0.5) is 0 Å². The van der Waals surface area contributed by atoms with E-state index in [2.05, 4.69) is 16.4 Å². The molecule has 2 aromatic rings. The fourth-order valence-corrected chi connectivity index (χ4v) is 1.78. The summed E-state index contributed by atoms with van der Waals surface area (Å²) < 4.78 is 0. The number of likely N-dealkylation sites (N-methyl/N-ethyl adjacent to an activating group) is 1. The molecule has 0 aliphatic heterocycles. The number of amides is 1. The molecule has 0 atom stereocenters. The maximum absolute atomic E-state index is 11.4. The zero-order chi connectivity index (χ0) is 13.0. The predicted molar refractivity (Wildman–Crippen MR) is 72.1 cm³/mol. The number of pyridine rings is 1. The second kappa shape index (κ2) is 5.60. The van der Waals surface area contributed by atoms with E-state index in [9.17, 15) is 4.79 Å². The van der Waals surface area contributed by atoms with Gasteiger partial charge in [-0.1, -0.05) is 24.3 Å². The minimum atomic E-state index is 0.0724. The summed E-state index contributed by atoms with van der Waals surface area (Å²) in [6.45, 7) is 0.990. The molecule has 94 valence electrons. The van der Waals surface area contributed by atoms with Crippen molar-refractivity contribution >= 4 is 16.7 Å². The van der Waals surface area contributed by atoms with Crippen molar-refractivity contribution in [2.45, 2.75) is 6.54 Å². The average Bonchev–Trinajstić information content (AvgIpc) is 2.38. The second-order valence-corrected chi connectivity index (χ2v) is 4.41. The normalized spacial score (nSPS) is 10.6. The molecule has 1 aromatic heterocycles. The van der Waals surface area contributed by atoms with Gasteiger partial charge in [-0.2, -0.15) is 0 Å². The second-order valence-electron chi connectivity index (χ2n) is 4.41. The Hall–Kier alpha value is -1.94. The fourth-order valence-electron chi connectivity index (χ4n) is 1.78. The van der Waals surface area contributed by atoms with E-state index in [1.165, 1.54) is 5.39 Å². The van der Waals surface area contributed by atoms with Gasteiger partial charge in [0.15, 0.2) is 0 Å². The highest BCUT2D eigenvalue weighted by Gasteiger charge is 2.04. The number of nitrogens with zero attached hydrogens (tertiary/aromatic N) is 2. The molecule has 0 spiro atoms. The highest BCUT2D eigenvalue weighted by molar-refractivity contribution is 5.84. The summed E-state index contributed by atoms with van der Waals surface area (Å²) in [6.07, 6.45) is 3.69. The number of carbonyl (C=O) groups excluding carboxylic acids is 1. The van der Waals surface area contributed by atoms with E-state index in [0.717, 1.165) is 10.9 Å². The third-order valence-corrected chi connectivity index (χ3v) is 2.84. The molecule has 0 aliphatic rings. The Morgan fingerprint density at radius 2 is 2.06 bits per heavy atom. The van der Waals surface area contributed by atoms with E-state index < -0.39 is 0 Å². The monoisotopic (exact) mass is 243 g/mol. The molecule has 1 heterocycles. The van der Waals surface area contributed by atoms with E-state index in [1.54, 1.807) is 19.0 Å². The first-order valence-electron chi connectivity index (χ1n) is 5.91. The molecule has 0 aliphatic carbocycles. The molecule has 0 fully saturated rings. The van der Waals surface area contributed by atoms with Crippen molar-refractivity contribution in [3.63, 3.8) is 0 Å². The van der Waals surface area contributed by atoms with Gasteiger partial charge in [-0.15, -0.1) is 0 Å². The molecule has 0 saturated heterocycles. The molecule has 1 aromatic carbocycles. The van der Waals surface area contributed by atoms with Gasteiger partial charge in [-0.25, -0.2) is 0 Å². The number of benzene rings is 1. The lowest BCUT2D eigenvalue weighted by atomic mass is 10.1. The first-order valence-corrected chi connectivity index (χ1v) is 5.91. The number of hydrogen-bond donors (Lipinski definition) is 1. The standard InChI is InChI=1S/C14H17N3O/c1-17(2)14(18)10-16-9-12-8-15-7-11-5-3-4-6-13(11)12/h3-8,16H,9-10H2,1-2H3. The highest BCUT2D eigenvalue weighted by atomic mass is 16.2. The molecule has 0 saturated carbocycles. The van der Waals surface area contributed by atoms with Crippen molar-refractivity contribution in [3.05, 3.63) is 42.2 Å². The van der Waals surface area contributed by atoms with Crippen LogP contribution in [-0.4, -0.2) is 36.4 Å². The first-order chi connectivity index (χ1) is 8.68. The van der Waals surface area contributed by atoms with E-state index in [0.29, 0.717) is 13.1 Å². The van der Waals surface area contributed by atoms with E-state index in [-0.39, 0.29) is 5.91 Å². The third kappa shape index (κ3) is 2.84. The summed E-state index contributed by atoms with van der Waals surface area (Å²) in [7, 11) is 3.51. The minimum absolute atomic E-state index is 0.0724. The lowest BCUT2D eigenvalue weighted by molar-refractivity contribution is -0.127. The largest absolute Gasteiger partial charge is 0.348 e. The lowest BCUT2D eigenvalue weighted by Crippen LogP contribution is -2.32. The average molecular weight is 243 g/mol. The topological polar surface area (TPSA) is 45.2 Å². The first kappa shape index (κ1) is 12.5. The molecule has 1 amide bonds. The maximum Gasteiger partial charge on any atom is 0.236 e. The van der Waals surface area contributed by atoms with Crippen molar-refractivity contribution in [2.24, 2.45) is 0 Å². The highest BCUT2D eigenvalue weighted by Crippen LogP contribution is 2.16. The summed E-state index contributed by atoms with van der Waals surface area (Å²) in [5.41, 5.74) is 1.11. The summed E-state index contributed by atoms with van der Waals surface area (Å²) in [5.74, 6) is 0.0724. The van der Waals surface area contributed by atoms with Crippen molar-refractivity contribution in [3.8, 4) is 0 Å². The number of rotatable bonds is 4. The molecular weight excluding hydrogens is 226 g/mol. The zero-order valence-corrected chi connectivity index (χ0v) is 10.7. The third-order valence-electron chi connectivity index (χ3n) is 2.84. The van der Waals surface area contributed by atoms with Gasteiger partial charge < -0.3 is 10.2 Å². The van der Waals surface area contributed by atoms with Crippen LogP contribution in [0.1, 0.15) is 5.56 Å². The Balaban J connectivity index is 2.06. The number of aromatic nitrogens is 1. The summed E-state index contributed by atoms with van der Waals surface area (Å²) in [6, 6.07) is 8.12. The number of nitrogens with one attached hydrogen (secondary N) is 1. The number of fused-ring (bicyclic) bond motifs is 1. The molecular formula is C14H17N3O. The Morgan fingerprint density at radius 1 is 1.28 bits per heavy atom. The van der Waals surface area contributed by atoms with Gasteiger partial charge in [0.25, 0.3) is 0 Å². The molecule has 0 radical (unpaired) electrons. The minimum Gasteiger partial charge on any atom is -0.348 e. The van der Waals surface area contributed by atoms with Gasteiger partial charge in [-0.3, -0.25) is 9.78 Å². The molecule has 2 rings (SSSR count). The summed E-state index contributed by atoms with van der Waals surface area (Å²) in [4.78, 5) is 17.2. The molecule has 0 bridgehead atoms. The predicted octanol–water partition coefficient (Wildman–Crippen LogP) is 1.41. The number of carbonyl (C=O) groups is 1. The van der Waals surface area contributed by atoms with Crippen LogP contribution in [0.5, 0.6) is 0 Å². The van der Waals surface area contributed by atoms with Gasteiger partial charge in [0.1, 0.15) is 0 Å². The van der Waals surface area contributed by atoms with Crippen LogP contribution in [0.2, 0.25) is 0 Å². The van der Waals surface area contributed by atoms with Gasteiger partial charge in [0, 0.05) is 38.4 Å². The Bertz CT molecular complexity index is 546. The van der Waals surface area contributed by atoms with Crippen LogP contribution in [0.15, 0.2) is 36.7 Å². The van der Waals surface area contributed by atoms with Crippen LogP contribution in [0.25, 0.3) is 10.8 Å². The van der Waals surface area contributed by atoms with Crippen LogP contribution in [0, 0.1) is 0 Å². The fraction of sp³-hybridized carbons (Fsp3) is 0.286. The Labute approximate surface area is 107 Å². The van der Waals surface area contributed by atoms with Crippen molar-refractivity contribution in [1.82, 2.24) is 15.2 Å². The van der Waals surface area contributed by atoms with E-state index >= 15 is 0 Å². The number of hydrogen-bond acceptors (Lipinski definition) is 3. The van der Waals surface area contributed by atoms with Gasteiger partial charge in [0.05, 0.1) is 6.54 Å². The van der Waals surface area contributed by atoms with Crippen LogP contribution in [-0.2, 0) is 11.3 Å².